The number of ether oxygens (including phenoxy) is 1. The Hall–Kier alpha value is -3.22. The van der Waals surface area contributed by atoms with Gasteiger partial charge in [-0.2, -0.15) is 0 Å². The first-order valence-corrected chi connectivity index (χ1v) is 7.71. The van der Waals surface area contributed by atoms with Gasteiger partial charge < -0.3 is 10.1 Å². The highest BCUT2D eigenvalue weighted by molar-refractivity contribution is 5.94. The first-order chi connectivity index (χ1) is 12.0. The molecule has 130 valence electrons. The van der Waals surface area contributed by atoms with Gasteiger partial charge in [-0.3, -0.25) is 19.7 Å². The summed E-state index contributed by atoms with van der Waals surface area (Å²) in [5.41, 5.74) is 0.842. The largest absolute Gasteiger partial charge is 0.456 e. The molecule has 0 aliphatic heterocycles. The SMILES string of the molecule is C[C@H](CC(=O)OCC(=O)Nc1ccccc1[N+](=O)[O-])c1ccccc1. The van der Waals surface area contributed by atoms with E-state index < -0.39 is 23.4 Å². The number of nitrogens with zero attached hydrogens (tertiary/aromatic N) is 1. The molecule has 2 rings (SSSR count). The van der Waals surface area contributed by atoms with Gasteiger partial charge in [0.2, 0.25) is 0 Å². The minimum absolute atomic E-state index is 0.0352. The standard InChI is InChI=1S/C18H18N2O5/c1-13(14-7-3-2-4-8-14)11-18(22)25-12-17(21)19-15-9-5-6-10-16(15)20(23)24/h2-10,13H,11-12H2,1H3,(H,19,21)/t13-/m1/s1. The van der Waals surface area contributed by atoms with Crippen molar-refractivity contribution >= 4 is 23.3 Å². The lowest BCUT2D eigenvalue weighted by atomic mass is 9.98. The summed E-state index contributed by atoms with van der Waals surface area (Å²) in [6, 6.07) is 15.3. The van der Waals surface area contributed by atoms with Crippen molar-refractivity contribution in [2.75, 3.05) is 11.9 Å². The number of para-hydroxylation sites is 2. The Morgan fingerprint density at radius 1 is 1.12 bits per heavy atom. The molecule has 0 fully saturated rings. The van der Waals surface area contributed by atoms with Crippen LogP contribution in [0.5, 0.6) is 0 Å². The maximum atomic E-state index is 11.8. The van der Waals surface area contributed by atoms with Crippen molar-refractivity contribution in [1.29, 1.82) is 0 Å². The van der Waals surface area contributed by atoms with Gasteiger partial charge in [-0.15, -0.1) is 0 Å². The van der Waals surface area contributed by atoms with E-state index >= 15 is 0 Å². The number of hydrogen-bond acceptors (Lipinski definition) is 5. The highest BCUT2D eigenvalue weighted by Crippen LogP contribution is 2.23. The van der Waals surface area contributed by atoms with E-state index in [0.717, 1.165) is 5.56 Å². The van der Waals surface area contributed by atoms with Gasteiger partial charge in [0, 0.05) is 6.07 Å². The van der Waals surface area contributed by atoms with E-state index in [9.17, 15) is 19.7 Å². The fourth-order valence-corrected chi connectivity index (χ4v) is 2.28. The van der Waals surface area contributed by atoms with Gasteiger partial charge in [0.15, 0.2) is 6.61 Å². The maximum Gasteiger partial charge on any atom is 0.306 e. The van der Waals surface area contributed by atoms with E-state index in [1.54, 1.807) is 6.07 Å². The number of hydrogen-bond donors (Lipinski definition) is 1. The first kappa shape index (κ1) is 18.1. The molecule has 0 unspecified atom stereocenters. The van der Waals surface area contributed by atoms with Crippen LogP contribution in [0.2, 0.25) is 0 Å². The van der Waals surface area contributed by atoms with E-state index in [4.69, 9.17) is 4.74 Å². The molecule has 0 heterocycles. The number of nitro benzene ring substituents is 1. The van der Waals surface area contributed by atoms with Crippen LogP contribution in [-0.2, 0) is 14.3 Å². The smallest absolute Gasteiger partial charge is 0.306 e. The minimum atomic E-state index is -0.630. The fraction of sp³-hybridized carbons (Fsp3) is 0.222. The summed E-state index contributed by atoms with van der Waals surface area (Å²) in [5, 5.41) is 13.3. The van der Waals surface area contributed by atoms with E-state index in [0.29, 0.717) is 0 Å². The van der Waals surface area contributed by atoms with Crippen molar-refractivity contribution in [1.82, 2.24) is 0 Å². The summed E-state index contributed by atoms with van der Waals surface area (Å²) in [4.78, 5) is 34.0. The number of nitro groups is 1. The number of amides is 1. The molecule has 1 amide bonds. The summed E-state index contributed by atoms with van der Waals surface area (Å²) >= 11 is 0. The van der Waals surface area contributed by atoms with Crippen LogP contribution in [0.1, 0.15) is 24.8 Å². The predicted octanol–water partition coefficient (Wildman–Crippen LogP) is 3.27. The number of carbonyl (C=O) groups is 2. The van der Waals surface area contributed by atoms with Gasteiger partial charge in [0.05, 0.1) is 11.3 Å². The Labute approximate surface area is 144 Å². The van der Waals surface area contributed by atoms with Crippen LogP contribution in [0, 0.1) is 10.1 Å². The number of carbonyl (C=O) groups excluding carboxylic acids is 2. The molecule has 0 aliphatic carbocycles. The highest BCUT2D eigenvalue weighted by Gasteiger charge is 2.17. The van der Waals surface area contributed by atoms with Crippen LogP contribution in [-0.4, -0.2) is 23.4 Å². The van der Waals surface area contributed by atoms with Crippen molar-refractivity contribution in [2.24, 2.45) is 0 Å². The van der Waals surface area contributed by atoms with Gasteiger partial charge in [0.25, 0.3) is 11.6 Å². The molecule has 0 saturated carbocycles. The number of anilines is 1. The molecule has 0 aliphatic rings. The normalized spacial score (nSPS) is 11.4. The monoisotopic (exact) mass is 342 g/mol. The molecule has 7 nitrogen and oxygen atoms in total. The van der Waals surface area contributed by atoms with Crippen LogP contribution in [0.3, 0.4) is 0 Å². The molecule has 0 aromatic heterocycles. The zero-order chi connectivity index (χ0) is 18.2. The highest BCUT2D eigenvalue weighted by atomic mass is 16.6. The van der Waals surface area contributed by atoms with Crippen molar-refractivity contribution in [3.63, 3.8) is 0 Å². The predicted molar refractivity (Wildman–Crippen MR) is 92.2 cm³/mol. The summed E-state index contributed by atoms with van der Waals surface area (Å²) in [5.74, 6) is -1.17. The lowest BCUT2D eigenvalue weighted by Crippen LogP contribution is -2.21. The molecule has 2 aromatic rings. The molecule has 7 heteroatoms. The third-order valence-corrected chi connectivity index (χ3v) is 3.58. The van der Waals surface area contributed by atoms with Crippen LogP contribution in [0.25, 0.3) is 0 Å². The number of rotatable bonds is 7. The van der Waals surface area contributed by atoms with Gasteiger partial charge >= 0.3 is 5.97 Å². The Morgan fingerprint density at radius 3 is 2.44 bits per heavy atom. The number of nitrogens with one attached hydrogen (secondary N) is 1. The second-order valence-electron chi connectivity index (χ2n) is 5.50. The molecule has 1 atom stereocenters. The van der Waals surface area contributed by atoms with E-state index in [1.165, 1.54) is 18.2 Å². The molecular formula is C18H18N2O5. The van der Waals surface area contributed by atoms with Crippen LogP contribution >= 0.6 is 0 Å². The molecule has 0 spiro atoms. The summed E-state index contributed by atoms with van der Waals surface area (Å²) < 4.78 is 4.95. The molecule has 0 saturated heterocycles. The van der Waals surface area contributed by atoms with Crippen molar-refractivity contribution in [3.8, 4) is 0 Å². The quantitative estimate of drug-likeness (QED) is 0.473. The van der Waals surface area contributed by atoms with Crippen molar-refractivity contribution in [2.45, 2.75) is 19.3 Å². The number of esters is 1. The van der Waals surface area contributed by atoms with Gasteiger partial charge in [0.1, 0.15) is 5.69 Å². The van der Waals surface area contributed by atoms with Gasteiger partial charge in [-0.1, -0.05) is 49.4 Å². The average Bonchev–Trinajstić information content (AvgIpc) is 2.61. The van der Waals surface area contributed by atoms with Crippen LogP contribution in [0.15, 0.2) is 54.6 Å². The maximum absolute atomic E-state index is 11.8. The first-order valence-electron chi connectivity index (χ1n) is 7.71. The van der Waals surface area contributed by atoms with Gasteiger partial charge in [-0.25, -0.2) is 0 Å². The lowest BCUT2D eigenvalue weighted by Gasteiger charge is -2.11. The average molecular weight is 342 g/mol. The van der Waals surface area contributed by atoms with Crippen molar-refractivity contribution in [3.05, 3.63) is 70.3 Å². The minimum Gasteiger partial charge on any atom is -0.456 e. The zero-order valence-corrected chi connectivity index (χ0v) is 13.7. The van der Waals surface area contributed by atoms with E-state index in [1.807, 2.05) is 37.3 Å². The van der Waals surface area contributed by atoms with Crippen LogP contribution in [0.4, 0.5) is 11.4 Å². The topological polar surface area (TPSA) is 98.5 Å². The Kier molecular flexibility index (Phi) is 6.22. The molecule has 0 bridgehead atoms. The number of benzene rings is 2. The second-order valence-corrected chi connectivity index (χ2v) is 5.50. The van der Waals surface area contributed by atoms with Crippen molar-refractivity contribution < 1.29 is 19.2 Å². The zero-order valence-electron chi connectivity index (χ0n) is 13.7. The Morgan fingerprint density at radius 2 is 1.76 bits per heavy atom. The van der Waals surface area contributed by atoms with E-state index in [2.05, 4.69) is 5.32 Å². The molecule has 0 radical (unpaired) electrons. The third-order valence-electron chi connectivity index (χ3n) is 3.58. The van der Waals surface area contributed by atoms with E-state index in [-0.39, 0.29) is 23.7 Å². The molecule has 1 N–H and O–H groups in total. The van der Waals surface area contributed by atoms with Gasteiger partial charge in [-0.05, 0) is 17.5 Å². The molecular weight excluding hydrogens is 324 g/mol. The Balaban J connectivity index is 1.84. The Bertz CT molecular complexity index is 761. The fourth-order valence-electron chi connectivity index (χ4n) is 2.28. The molecule has 25 heavy (non-hydrogen) atoms. The van der Waals surface area contributed by atoms with Crippen LogP contribution < -0.4 is 5.32 Å². The second kappa shape index (κ2) is 8.58. The summed E-state index contributed by atoms with van der Waals surface area (Å²) in [6.07, 6.45) is 0.142. The third kappa shape index (κ3) is 5.42. The summed E-state index contributed by atoms with van der Waals surface area (Å²) in [6.45, 7) is 1.40. The lowest BCUT2D eigenvalue weighted by molar-refractivity contribution is -0.383. The molecule has 2 aromatic carbocycles. The summed E-state index contributed by atoms with van der Waals surface area (Å²) in [7, 11) is 0.